The van der Waals surface area contributed by atoms with Crippen molar-refractivity contribution in [3.63, 3.8) is 0 Å². The van der Waals surface area contributed by atoms with Crippen LogP contribution >= 0.6 is 11.3 Å². The normalized spacial score (nSPS) is 16.5. The zero-order valence-corrected chi connectivity index (χ0v) is 19.6. The number of methoxy groups -OCH3 is 2. The minimum Gasteiger partial charge on any atom is -0.493 e. The summed E-state index contributed by atoms with van der Waals surface area (Å²) >= 11 is 1.60. The highest BCUT2D eigenvalue weighted by molar-refractivity contribution is 7.18. The highest BCUT2D eigenvalue weighted by Gasteiger charge is 2.25. The number of H-pyrrole nitrogens is 1. The smallest absolute Gasteiger partial charge is 0.259 e. The number of hydrogen-bond donors (Lipinski definition) is 1. The second kappa shape index (κ2) is 8.98. The number of ether oxygens (including phenoxy) is 2. The van der Waals surface area contributed by atoms with Gasteiger partial charge in [-0.05, 0) is 44.0 Å². The van der Waals surface area contributed by atoms with Gasteiger partial charge in [0, 0.05) is 37.6 Å². The number of piperazine rings is 1. The van der Waals surface area contributed by atoms with Gasteiger partial charge >= 0.3 is 0 Å². The van der Waals surface area contributed by atoms with Gasteiger partial charge in [-0.15, -0.1) is 11.3 Å². The highest BCUT2D eigenvalue weighted by Crippen LogP contribution is 2.29. The Morgan fingerprint density at radius 3 is 2.52 bits per heavy atom. The molecule has 166 valence electrons. The molecule has 1 N–H and O–H groups in total. The minimum atomic E-state index is -0.0270. The average molecular weight is 443 g/mol. The van der Waals surface area contributed by atoms with Crippen molar-refractivity contribution in [2.75, 3.05) is 40.4 Å². The molecule has 0 radical (unpaired) electrons. The highest BCUT2D eigenvalue weighted by atomic mass is 32.1. The van der Waals surface area contributed by atoms with E-state index in [0.29, 0.717) is 0 Å². The average Bonchev–Trinajstić information content (AvgIpc) is 3.07. The molecule has 0 spiro atoms. The predicted octanol–water partition coefficient (Wildman–Crippen LogP) is 3.50. The topological polar surface area (TPSA) is 70.7 Å². The van der Waals surface area contributed by atoms with Gasteiger partial charge in [0.2, 0.25) is 0 Å². The summed E-state index contributed by atoms with van der Waals surface area (Å²) in [4.78, 5) is 27.3. The number of thiophene rings is 1. The number of aromatic nitrogens is 2. The molecule has 0 saturated carbocycles. The molecule has 1 aliphatic heterocycles. The van der Waals surface area contributed by atoms with Crippen LogP contribution in [0.15, 0.2) is 23.0 Å². The Morgan fingerprint density at radius 1 is 1.13 bits per heavy atom. The van der Waals surface area contributed by atoms with Crippen LogP contribution in [0.25, 0.3) is 10.2 Å². The van der Waals surface area contributed by atoms with Gasteiger partial charge in [-0.3, -0.25) is 14.6 Å². The molecule has 1 atom stereocenters. The second-order valence-corrected chi connectivity index (χ2v) is 9.30. The fourth-order valence-corrected chi connectivity index (χ4v) is 5.23. The van der Waals surface area contributed by atoms with E-state index in [1.54, 1.807) is 25.6 Å². The summed E-state index contributed by atoms with van der Waals surface area (Å²) in [5.74, 6) is 2.27. The SMILES string of the molecule is COc1ccc(CN2CCN([C@H](C)c3nc4sc(C)c(C)c4c(=O)[nH]3)CC2)cc1OC. The lowest BCUT2D eigenvalue weighted by molar-refractivity contribution is 0.0948. The molecule has 4 rings (SSSR count). The largest absolute Gasteiger partial charge is 0.493 e. The lowest BCUT2D eigenvalue weighted by atomic mass is 10.1. The Kier molecular flexibility index (Phi) is 6.31. The van der Waals surface area contributed by atoms with E-state index in [1.807, 2.05) is 26.0 Å². The summed E-state index contributed by atoms with van der Waals surface area (Å²) in [7, 11) is 3.31. The molecule has 3 heterocycles. The molecule has 8 heteroatoms. The fourth-order valence-electron chi connectivity index (χ4n) is 4.19. The van der Waals surface area contributed by atoms with Crippen molar-refractivity contribution in [2.45, 2.75) is 33.4 Å². The Morgan fingerprint density at radius 2 is 1.84 bits per heavy atom. The third-order valence-corrected chi connectivity index (χ3v) is 7.36. The van der Waals surface area contributed by atoms with Gasteiger partial charge in [0.1, 0.15) is 10.7 Å². The maximum absolute atomic E-state index is 12.6. The van der Waals surface area contributed by atoms with E-state index >= 15 is 0 Å². The Hall–Kier alpha value is -2.42. The third-order valence-electron chi connectivity index (χ3n) is 6.26. The first kappa shape index (κ1) is 21.8. The molecule has 1 saturated heterocycles. The molecule has 1 fully saturated rings. The van der Waals surface area contributed by atoms with Gasteiger partial charge in [0.05, 0.1) is 25.6 Å². The summed E-state index contributed by atoms with van der Waals surface area (Å²) in [6.07, 6.45) is 0. The fraction of sp³-hybridized carbons (Fsp3) is 0.478. The second-order valence-electron chi connectivity index (χ2n) is 8.09. The number of aryl methyl sites for hydroxylation is 2. The zero-order chi connectivity index (χ0) is 22.1. The first-order chi connectivity index (χ1) is 14.9. The molecule has 0 unspecified atom stereocenters. The van der Waals surface area contributed by atoms with Gasteiger partial charge in [0.15, 0.2) is 11.5 Å². The van der Waals surface area contributed by atoms with E-state index in [9.17, 15) is 4.79 Å². The maximum atomic E-state index is 12.6. The molecule has 1 aromatic carbocycles. The number of fused-ring (bicyclic) bond motifs is 1. The van der Waals surface area contributed by atoms with Gasteiger partial charge in [0.25, 0.3) is 5.56 Å². The van der Waals surface area contributed by atoms with Crippen molar-refractivity contribution in [3.05, 3.63) is 50.4 Å². The van der Waals surface area contributed by atoms with Crippen molar-refractivity contribution in [1.29, 1.82) is 0 Å². The summed E-state index contributed by atoms with van der Waals surface area (Å²) in [6, 6.07) is 6.16. The van der Waals surface area contributed by atoms with Crippen LogP contribution in [-0.4, -0.2) is 60.2 Å². The van der Waals surface area contributed by atoms with Crippen LogP contribution in [0.3, 0.4) is 0 Å². The Balaban J connectivity index is 1.42. The molecular weight excluding hydrogens is 412 g/mol. The molecule has 1 aliphatic rings. The number of hydrogen-bond acceptors (Lipinski definition) is 7. The number of aromatic amines is 1. The van der Waals surface area contributed by atoms with E-state index < -0.39 is 0 Å². The first-order valence-corrected chi connectivity index (χ1v) is 11.4. The molecule has 0 aliphatic carbocycles. The summed E-state index contributed by atoms with van der Waals surface area (Å²) in [5.41, 5.74) is 2.22. The molecule has 31 heavy (non-hydrogen) atoms. The van der Waals surface area contributed by atoms with Crippen LogP contribution in [0.5, 0.6) is 11.5 Å². The predicted molar refractivity (Wildman–Crippen MR) is 125 cm³/mol. The van der Waals surface area contributed by atoms with Crippen LogP contribution in [0.1, 0.15) is 34.8 Å². The Labute approximate surface area is 186 Å². The Bertz CT molecular complexity index is 1130. The van der Waals surface area contributed by atoms with Crippen molar-refractivity contribution in [2.24, 2.45) is 0 Å². The summed E-state index contributed by atoms with van der Waals surface area (Å²) in [5, 5.41) is 0.734. The number of nitrogens with one attached hydrogen (secondary N) is 1. The minimum absolute atomic E-state index is 0.0270. The van der Waals surface area contributed by atoms with Crippen LogP contribution in [0.4, 0.5) is 0 Å². The summed E-state index contributed by atoms with van der Waals surface area (Å²) < 4.78 is 10.8. The van der Waals surface area contributed by atoms with E-state index in [-0.39, 0.29) is 11.6 Å². The summed E-state index contributed by atoms with van der Waals surface area (Å²) in [6.45, 7) is 10.8. The van der Waals surface area contributed by atoms with Gasteiger partial charge < -0.3 is 14.5 Å². The standard InChI is InChI=1S/C23H30N4O3S/c1-14-16(3)31-23-20(14)22(28)24-21(25-23)15(2)27-10-8-26(9-11-27)13-17-6-7-18(29-4)19(12-17)30-5/h6-7,12,15H,8-11,13H2,1-5H3,(H,24,25,28)/t15-/m1/s1. The third kappa shape index (κ3) is 4.33. The molecule has 2 aromatic heterocycles. The van der Waals surface area contributed by atoms with Gasteiger partial charge in [-0.1, -0.05) is 6.07 Å². The van der Waals surface area contributed by atoms with Crippen LogP contribution in [0, 0.1) is 13.8 Å². The first-order valence-electron chi connectivity index (χ1n) is 10.6. The van der Waals surface area contributed by atoms with Crippen molar-refractivity contribution in [1.82, 2.24) is 19.8 Å². The van der Waals surface area contributed by atoms with Crippen LogP contribution < -0.4 is 15.0 Å². The van der Waals surface area contributed by atoms with E-state index in [2.05, 4.69) is 27.8 Å². The van der Waals surface area contributed by atoms with Crippen LogP contribution in [-0.2, 0) is 6.54 Å². The molecule has 3 aromatic rings. The van der Waals surface area contributed by atoms with E-state index in [0.717, 1.165) is 70.7 Å². The maximum Gasteiger partial charge on any atom is 0.259 e. The van der Waals surface area contributed by atoms with E-state index in [1.165, 1.54) is 5.56 Å². The molecule has 0 amide bonds. The zero-order valence-electron chi connectivity index (χ0n) is 18.8. The monoisotopic (exact) mass is 442 g/mol. The quantitative estimate of drug-likeness (QED) is 0.630. The van der Waals surface area contributed by atoms with Crippen LogP contribution in [0.2, 0.25) is 0 Å². The van der Waals surface area contributed by atoms with Crippen molar-refractivity contribution in [3.8, 4) is 11.5 Å². The lowest BCUT2D eigenvalue weighted by Crippen LogP contribution is -2.47. The van der Waals surface area contributed by atoms with Crippen molar-refractivity contribution >= 4 is 21.6 Å². The molecular formula is C23H30N4O3S. The van der Waals surface area contributed by atoms with Gasteiger partial charge in [-0.25, -0.2) is 4.98 Å². The number of rotatable bonds is 6. The number of benzene rings is 1. The molecule has 0 bridgehead atoms. The van der Waals surface area contributed by atoms with Crippen molar-refractivity contribution < 1.29 is 9.47 Å². The number of nitrogens with zero attached hydrogens (tertiary/aromatic N) is 3. The molecule has 7 nitrogen and oxygen atoms in total. The lowest BCUT2D eigenvalue weighted by Gasteiger charge is -2.37. The van der Waals surface area contributed by atoms with Gasteiger partial charge in [-0.2, -0.15) is 0 Å². The van der Waals surface area contributed by atoms with E-state index in [4.69, 9.17) is 14.5 Å².